The van der Waals surface area contributed by atoms with E-state index in [4.69, 9.17) is 0 Å². The maximum absolute atomic E-state index is 11.5. The van der Waals surface area contributed by atoms with Crippen LogP contribution >= 0.6 is 0 Å². The minimum absolute atomic E-state index is 0.00419. The number of nitro groups is 1. The minimum Gasteiger partial charge on any atom is -0.363 e. The molecule has 0 saturated heterocycles. The molecule has 0 aliphatic carbocycles. The summed E-state index contributed by atoms with van der Waals surface area (Å²) in [5.74, 6) is -0.00525. The van der Waals surface area contributed by atoms with Crippen molar-refractivity contribution in [2.45, 2.75) is 13.8 Å². The van der Waals surface area contributed by atoms with Crippen LogP contribution in [0.2, 0.25) is 0 Å². The van der Waals surface area contributed by atoms with Gasteiger partial charge in [-0.2, -0.15) is 4.98 Å². The molecule has 0 bridgehead atoms. The average Bonchev–Trinajstić information content (AvgIpc) is 2.37. The number of sulfonamides is 1. The smallest absolute Gasteiger partial charge is 0.332 e. The van der Waals surface area contributed by atoms with Gasteiger partial charge in [0.25, 0.3) is 0 Å². The highest BCUT2D eigenvalue weighted by Gasteiger charge is 2.22. The molecule has 1 aromatic rings. The van der Waals surface area contributed by atoms with Gasteiger partial charge in [-0.05, 0) is 6.92 Å². The lowest BCUT2D eigenvalue weighted by atomic mass is 10.3. The van der Waals surface area contributed by atoms with E-state index >= 15 is 0 Å². The van der Waals surface area contributed by atoms with Crippen LogP contribution in [0.3, 0.4) is 0 Å². The predicted octanol–water partition coefficient (Wildman–Crippen LogP) is 0.0861. The Kier molecular flexibility index (Phi) is 5.79. The Bertz CT molecular complexity index is 618. The predicted molar refractivity (Wildman–Crippen MR) is 78.9 cm³/mol. The van der Waals surface area contributed by atoms with E-state index in [1.807, 2.05) is 0 Å². The molecule has 21 heavy (non-hydrogen) atoms. The van der Waals surface area contributed by atoms with Crippen LogP contribution in [0, 0.1) is 17.0 Å². The summed E-state index contributed by atoms with van der Waals surface area (Å²) in [7, 11) is -1.82. The number of hydrogen-bond acceptors (Lipinski definition) is 8. The molecule has 3 N–H and O–H groups in total. The standard InChI is InChI=1S/C10H18N6O4S/c1-4-13-21(19,20)6-5-12-9-8(16(17)18)7(2)14-10(11-3)15-9/h13H,4-6H2,1-3H3,(H2,11,12,14,15). The molecule has 0 amide bonds. The Morgan fingerprint density at radius 2 is 2.00 bits per heavy atom. The van der Waals surface area contributed by atoms with E-state index in [0.717, 1.165) is 0 Å². The van der Waals surface area contributed by atoms with Crippen molar-refractivity contribution in [3.05, 3.63) is 15.8 Å². The van der Waals surface area contributed by atoms with Crippen molar-refractivity contribution >= 4 is 27.5 Å². The molecule has 0 aliphatic heterocycles. The third kappa shape index (κ3) is 4.79. The molecule has 0 spiro atoms. The van der Waals surface area contributed by atoms with E-state index < -0.39 is 14.9 Å². The Hall–Kier alpha value is -2.01. The number of nitrogens with zero attached hydrogens (tertiary/aromatic N) is 3. The second-order valence-corrected chi connectivity index (χ2v) is 6.01. The number of nitrogens with one attached hydrogen (secondary N) is 3. The van der Waals surface area contributed by atoms with Gasteiger partial charge in [0.2, 0.25) is 21.8 Å². The van der Waals surface area contributed by atoms with Crippen molar-refractivity contribution in [3.8, 4) is 0 Å². The largest absolute Gasteiger partial charge is 0.363 e. The van der Waals surface area contributed by atoms with Gasteiger partial charge in [0.1, 0.15) is 5.69 Å². The zero-order valence-corrected chi connectivity index (χ0v) is 12.8. The normalized spacial score (nSPS) is 11.2. The van der Waals surface area contributed by atoms with Gasteiger partial charge in [-0.3, -0.25) is 10.1 Å². The van der Waals surface area contributed by atoms with E-state index in [9.17, 15) is 18.5 Å². The molecule has 1 heterocycles. The summed E-state index contributed by atoms with van der Waals surface area (Å²) in [6, 6.07) is 0. The Balaban J connectivity index is 2.92. The molecular formula is C10H18N6O4S. The molecule has 1 aromatic heterocycles. The number of rotatable bonds is 8. The first kappa shape index (κ1) is 17.0. The van der Waals surface area contributed by atoms with Crippen molar-refractivity contribution in [3.63, 3.8) is 0 Å². The van der Waals surface area contributed by atoms with E-state index in [2.05, 4.69) is 25.3 Å². The number of hydrogen-bond donors (Lipinski definition) is 3. The summed E-state index contributed by atoms with van der Waals surface area (Å²) >= 11 is 0. The average molecular weight is 318 g/mol. The van der Waals surface area contributed by atoms with Crippen LogP contribution in [0.15, 0.2) is 0 Å². The quantitative estimate of drug-likeness (QED) is 0.452. The van der Waals surface area contributed by atoms with Crippen molar-refractivity contribution in [1.82, 2.24) is 14.7 Å². The molecule has 10 nitrogen and oxygen atoms in total. The Morgan fingerprint density at radius 3 is 2.52 bits per heavy atom. The first-order chi connectivity index (χ1) is 9.80. The number of aryl methyl sites for hydroxylation is 1. The number of aromatic nitrogens is 2. The molecule has 0 unspecified atom stereocenters. The molecule has 1 rings (SSSR count). The first-order valence-corrected chi connectivity index (χ1v) is 7.88. The first-order valence-electron chi connectivity index (χ1n) is 6.22. The fourth-order valence-electron chi connectivity index (χ4n) is 1.62. The second kappa shape index (κ2) is 7.13. The monoisotopic (exact) mass is 318 g/mol. The molecule has 0 radical (unpaired) electrons. The third-order valence-electron chi connectivity index (χ3n) is 2.49. The second-order valence-electron chi connectivity index (χ2n) is 4.08. The van der Waals surface area contributed by atoms with Gasteiger partial charge in [0.15, 0.2) is 0 Å². The Morgan fingerprint density at radius 1 is 1.33 bits per heavy atom. The minimum atomic E-state index is -3.40. The van der Waals surface area contributed by atoms with Crippen LogP contribution in [0.5, 0.6) is 0 Å². The van der Waals surface area contributed by atoms with Gasteiger partial charge in [0, 0.05) is 20.1 Å². The summed E-state index contributed by atoms with van der Waals surface area (Å²) in [4.78, 5) is 18.3. The molecule has 0 atom stereocenters. The lowest BCUT2D eigenvalue weighted by molar-refractivity contribution is -0.385. The SMILES string of the molecule is CCNS(=O)(=O)CCNc1nc(NC)nc(C)c1[N+](=O)[O-]. The molecule has 0 fully saturated rings. The summed E-state index contributed by atoms with van der Waals surface area (Å²) < 4.78 is 25.3. The van der Waals surface area contributed by atoms with Gasteiger partial charge in [-0.1, -0.05) is 6.92 Å². The molecule has 118 valence electrons. The Labute approximate surface area is 122 Å². The van der Waals surface area contributed by atoms with E-state index in [1.54, 1.807) is 14.0 Å². The number of anilines is 2. The highest BCUT2D eigenvalue weighted by molar-refractivity contribution is 7.89. The van der Waals surface area contributed by atoms with Crippen LogP contribution < -0.4 is 15.4 Å². The van der Waals surface area contributed by atoms with Gasteiger partial charge in [0.05, 0.1) is 10.7 Å². The van der Waals surface area contributed by atoms with Gasteiger partial charge >= 0.3 is 5.69 Å². The fraction of sp³-hybridized carbons (Fsp3) is 0.600. The zero-order valence-electron chi connectivity index (χ0n) is 12.0. The molecule has 0 aliphatic rings. The van der Waals surface area contributed by atoms with E-state index in [1.165, 1.54) is 6.92 Å². The highest BCUT2D eigenvalue weighted by Crippen LogP contribution is 2.26. The zero-order chi connectivity index (χ0) is 16.0. The van der Waals surface area contributed by atoms with Crippen molar-refractivity contribution in [2.75, 3.05) is 36.5 Å². The van der Waals surface area contributed by atoms with Crippen LogP contribution in [-0.2, 0) is 10.0 Å². The summed E-state index contributed by atoms with van der Waals surface area (Å²) in [6.07, 6.45) is 0. The summed E-state index contributed by atoms with van der Waals surface area (Å²) in [6.45, 7) is 3.44. The van der Waals surface area contributed by atoms with Crippen LogP contribution in [0.1, 0.15) is 12.6 Å². The van der Waals surface area contributed by atoms with E-state index in [-0.39, 0.29) is 35.4 Å². The lowest BCUT2D eigenvalue weighted by Gasteiger charge is -2.09. The maximum Gasteiger partial charge on any atom is 0.332 e. The van der Waals surface area contributed by atoms with Gasteiger partial charge in [-0.25, -0.2) is 18.1 Å². The van der Waals surface area contributed by atoms with Crippen molar-refractivity contribution < 1.29 is 13.3 Å². The molecular weight excluding hydrogens is 300 g/mol. The fourth-order valence-corrected chi connectivity index (χ4v) is 2.57. The third-order valence-corrected chi connectivity index (χ3v) is 3.96. The molecule has 11 heteroatoms. The van der Waals surface area contributed by atoms with Crippen LogP contribution in [0.4, 0.5) is 17.5 Å². The van der Waals surface area contributed by atoms with Crippen molar-refractivity contribution in [2.24, 2.45) is 0 Å². The van der Waals surface area contributed by atoms with Gasteiger partial charge < -0.3 is 10.6 Å². The lowest BCUT2D eigenvalue weighted by Crippen LogP contribution is -2.29. The van der Waals surface area contributed by atoms with Crippen LogP contribution in [-0.4, -0.2) is 49.2 Å². The molecule has 0 aromatic carbocycles. The summed E-state index contributed by atoms with van der Waals surface area (Å²) in [5.41, 5.74) is -0.0776. The van der Waals surface area contributed by atoms with Crippen LogP contribution in [0.25, 0.3) is 0 Å². The summed E-state index contributed by atoms with van der Waals surface area (Å²) in [5, 5.41) is 16.4. The van der Waals surface area contributed by atoms with E-state index in [0.29, 0.717) is 6.54 Å². The van der Waals surface area contributed by atoms with Crippen molar-refractivity contribution in [1.29, 1.82) is 0 Å². The highest BCUT2D eigenvalue weighted by atomic mass is 32.2. The molecule has 0 saturated carbocycles. The van der Waals surface area contributed by atoms with Gasteiger partial charge in [-0.15, -0.1) is 0 Å². The maximum atomic E-state index is 11.5. The topological polar surface area (TPSA) is 139 Å².